The van der Waals surface area contributed by atoms with Gasteiger partial charge in [-0.05, 0) is 51.0 Å². The Kier molecular flexibility index (Phi) is 4.03. The molecule has 6 heteroatoms. The number of fused-ring (bicyclic) bond motifs is 1. The summed E-state index contributed by atoms with van der Waals surface area (Å²) in [4.78, 5) is 19.4. The summed E-state index contributed by atoms with van der Waals surface area (Å²) in [7, 11) is 0. The van der Waals surface area contributed by atoms with E-state index in [0.717, 1.165) is 42.7 Å². The first-order chi connectivity index (χ1) is 12.1. The van der Waals surface area contributed by atoms with Gasteiger partial charge in [-0.2, -0.15) is 5.10 Å². The van der Waals surface area contributed by atoms with E-state index < -0.39 is 0 Å². The van der Waals surface area contributed by atoms with Gasteiger partial charge in [0.1, 0.15) is 0 Å². The second-order valence-electron chi connectivity index (χ2n) is 7.05. The third-order valence-corrected chi connectivity index (χ3v) is 5.05. The topological polar surface area (TPSA) is 66.8 Å². The first kappa shape index (κ1) is 15.9. The number of rotatable bonds is 3. The summed E-state index contributed by atoms with van der Waals surface area (Å²) >= 11 is 0. The van der Waals surface area contributed by atoms with Crippen molar-refractivity contribution in [2.75, 3.05) is 13.1 Å². The lowest BCUT2D eigenvalue weighted by Crippen LogP contribution is -2.39. The van der Waals surface area contributed by atoms with E-state index in [1.165, 1.54) is 0 Å². The maximum atomic E-state index is 13.0. The van der Waals surface area contributed by atoms with Gasteiger partial charge in [-0.1, -0.05) is 0 Å². The quantitative estimate of drug-likeness (QED) is 0.797. The van der Waals surface area contributed by atoms with E-state index in [1.54, 1.807) is 6.20 Å². The highest BCUT2D eigenvalue weighted by Crippen LogP contribution is 2.27. The number of benzene rings is 1. The Hall–Kier alpha value is -2.63. The largest absolute Gasteiger partial charge is 0.338 e. The van der Waals surface area contributed by atoms with Crippen LogP contribution in [-0.4, -0.2) is 43.6 Å². The second-order valence-corrected chi connectivity index (χ2v) is 7.05. The van der Waals surface area contributed by atoms with Crippen LogP contribution in [0, 0.1) is 0 Å². The Morgan fingerprint density at radius 3 is 2.96 bits per heavy atom. The third kappa shape index (κ3) is 2.92. The maximum Gasteiger partial charge on any atom is 0.253 e. The fourth-order valence-electron chi connectivity index (χ4n) is 3.67. The van der Waals surface area contributed by atoms with Gasteiger partial charge >= 0.3 is 0 Å². The van der Waals surface area contributed by atoms with E-state index in [4.69, 9.17) is 0 Å². The summed E-state index contributed by atoms with van der Waals surface area (Å²) in [5.74, 6) is 0.425. The van der Waals surface area contributed by atoms with Crippen LogP contribution < -0.4 is 0 Å². The van der Waals surface area contributed by atoms with Crippen LogP contribution in [-0.2, 0) is 0 Å². The van der Waals surface area contributed by atoms with Gasteiger partial charge in [0.15, 0.2) is 0 Å². The molecule has 1 aliphatic heterocycles. The number of likely N-dealkylation sites (tertiary alicyclic amines) is 1. The lowest BCUT2D eigenvalue weighted by atomic mass is 9.94. The lowest BCUT2D eigenvalue weighted by molar-refractivity contribution is 0.0706. The van der Waals surface area contributed by atoms with Crippen molar-refractivity contribution in [1.29, 1.82) is 0 Å². The molecule has 2 aromatic heterocycles. The van der Waals surface area contributed by atoms with Crippen molar-refractivity contribution in [2.45, 2.75) is 38.6 Å². The molecule has 0 aliphatic carbocycles. The summed E-state index contributed by atoms with van der Waals surface area (Å²) in [6.07, 6.45) is 5.72. The van der Waals surface area contributed by atoms with Crippen LogP contribution in [0.5, 0.6) is 0 Å². The van der Waals surface area contributed by atoms with E-state index >= 15 is 0 Å². The lowest BCUT2D eigenvalue weighted by Gasteiger charge is -2.32. The van der Waals surface area contributed by atoms with E-state index in [2.05, 4.69) is 33.6 Å². The number of nitrogens with zero attached hydrogens (tertiary/aromatic N) is 4. The van der Waals surface area contributed by atoms with Gasteiger partial charge in [-0.3, -0.25) is 9.89 Å². The van der Waals surface area contributed by atoms with E-state index in [-0.39, 0.29) is 5.91 Å². The minimum absolute atomic E-state index is 0.0882. The van der Waals surface area contributed by atoms with Crippen LogP contribution in [0.15, 0.2) is 36.8 Å². The predicted molar refractivity (Wildman–Crippen MR) is 96.6 cm³/mol. The van der Waals surface area contributed by atoms with Crippen molar-refractivity contribution in [3.8, 4) is 0 Å². The zero-order valence-electron chi connectivity index (χ0n) is 14.6. The molecule has 1 N–H and O–H groups in total. The summed E-state index contributed by atoms with van der Waals surface area (Å²) < 4.78 is 2.12. The summed E-state index contributed by atoms with van der Waals surface area (Å²) in [6.45, 7) is 5.80. The second kappa shape index (κ2) is 6.35. The van der Waals surface area contributed by atoms with Gasteiger partial charge in [0.2, 0.25) is 0 Å². The number of piperidine rings is 1. The number of carbonyl (C=O) groups excluding carboxylic acids is 1. The van der Waals surface area contributed by atoms with Crippen molar-refractivity contribution in [3.63, 3.8) is 0 Å². The highest BCUT2D eigenvalue weighted by atomic mass is 16.2. The molecule has 25 heavy (non-hydrogen) atoms. The molecule has 4 rings (SSSR count). The van der Waals surface area contributed by atoms with Crippen LogP contribution in [0.3, 0.4) is 0 Å². The predicted octanol–water partition coefficient (Wildman–Crippen LogP) is 3.36. The van der Waals surface area contributed by atoms with Crippen LogP contribution >= 0.6 is 0 Å². The normalized spacial score (nSPS) is 18.2. The molecule has 3 heterocycles. The SMILES string of the molecule is CC(C)n1cnc2cc(C(=O)N3CCC[C@@H](c4ccn[nH]4)C3)ccc21. The number of hydrogen-bond donors (Lipinski definition) is 1. The molecule has 3 aromatic rings. The standard InChI is InChI=1S/C19H23N5O/c1-13(2)24-12-20-17-10-14(5-6-18(17)24)19(25)23-9-3-4-15(11-23)16-7-8-21-22-16/h5-8,10,12-13,15H,3-4,9,11H2,1-2H3,(H,21,22)/t15-/m1/s1. The van der Waals surface area contributed by atoms with Crippen LogP contribution in [0.1, 0.15) is 54.7 Å². The van der Waals surface area contributed by atoms with Gasteiger partial charge in [0.25, 0.3) is 5.91 Å². The highest BCUT2D eigenvalue weighted by Gasteiger charge is 2.26. The Balaban J connectivity index is 1.57. The molecule has 0 radical (unpaired) electrons. The zero-order chi connectivity index (χ0) is 17.4. The fourth-order valence-corrected chi connectivity index (χ4v) is 3.67. The van der Waals surface area contributed by atoms with Gasteiger partial charge in [0, 0.05) is 42.5 Å². The number of aromatic nitrogens is 4. The minimum Gasteiger partial charge on any atom is -0.338 e. The molecule has 6 nitrogen and oxygen atoms in total. The fraction of sp³-hybridized carbons (Fsp3) is 0.421. The molecule has 1 saturated heterocycles. The van der Waals surface area contributed by atoms with Crippen LogP contribution in [0.2, 0.25) is 0 Å². The summed E-state index contributed by atoms with van der Waals surface area (Å²) in [5, 5.41) is 7.08. The number of aromatic amines is 1. The number of hydrogen-bond acceptors (Lipinski definition) is 3. The monoisotopic (exact) mass is 337 g/mol. The van der Waals surface area contributed by atoms with Crippen LogP contribution in [0.25, 0.3) is 11.0 Å². The number of imidazole rings is 1. The Labute approximate surface area is 146 Å². The average molecular weight is 337 g/mol. The number of nitrogens with one attached hydrogen (secondary N) is 1. The number of H-pyrrole nitrogens is 1. The number of amides is 1. The van der Waals surface area contributed by atoms with Crippen molar-refractivity contribution in [2.24, 2.45) is 0 Å². The Morgan fingerprint density at radius 1 is 1.32 bits per heavy atom. The minimum atomic E-state index is 0.0882. The molecule has 0 bridgehead atoms. The molecule has 1 amide bonds. The molecule has 1 aliphatic rings. The highest BCUT2D eigenvalue weighted by molar-refractivity contribution is 5.97. The molecule has 1 fully saturated rings. The van der Waals surface area contributed by atoms with Crippen molar-refractivity contribution in [3.05, 3.63) is 48.0 Å². The van der Waals surface area contributed by atoms with Gasteiger partial charge in [-0.25, -0.2) is 4.98 Å². The smallest absolute Gasteiger partial charge is 0.253 e. The van der Waals surface area contributed by atoms with Crippen molar-refractivity contribution >= 4 is 16.9 Å². The van der Waals surface area contributed by atoms with E-state index in [1.807, 2.05) is 35.5 Å². The molecule has 130 valence electrons. The Morgan fingerprint density at radius 2 is 2.20 bits per heavy atom. The molecule has 1 aromatic carbocycles. The van der Waals surface area contributed by atoms with Crippen molar-refractivity contribution < 1.29 is 4.79 Å². The average Bonchev–Trinajstić information content (AvgIpc) is 3.30. The summed E-state index contributed by atoms with van der Waals surface area (Å²) in [6, 6.07) is 8.19. The molecule has 0 saturated carbocycles. The van der Waals surface area contributed by atoms with E-state index in [9.17, 15) is 4.79 Å². The number of carbonyl (C=O) groups is 1. The Bertz CT molecular complexity index is 881. The van der Waals surface area contributed by atoms with Gasteiger partial charge < -0.3 is 9.47 Å². The van der Waals surface area contributed by atoms with Gasteiger partial charge in [0.05, 0.1) is 17.4 Å². The third-order valence-electron chi connectivity index (χ3n) is 5.05. The molecule has 0 spiro atoms. The van der Waals surface area contributed by atoms with E-state index in [0.29, 0.717) is 17.5 Å². The van der Waals surface area contributed by atoms with Gasteiger partial charge in [-0.15, -0.1) is 0 Å². The van der Waals surface area contributed by atoms with Crippen molar-refractivity contribution in [1.82, 2.24) is 24.6 Å². The zero-order valence-corrected chi connectivity index (χ0v) is 14.6. The molecule has 0 unspecified atom stereocenters. The first-order valence-corrected chi connectivity index (χ1v) is 8.88. The summed E-state index contributed by atoms with van der Waals surface area (Å²) in [5.41, 5.74) is 3.78. The first-order valence-electron chi connectivity index (χ1n) is 8.88. The maximum absolute atomic E-state index is 13.0. The van der Waals surface area contributed by atoms with Crippen LogP contribution in [0.4, 0.5) is 0 Å². The molecule has 1 atom stereocenters. The molecular weight excluding hydrogens is 314 g/mol. The molecular formula is C19H23N5O.